The van der Waals surface area contributed by atoms with Crippen LogP contribution in [0.5, 0.6) is 0 Å². The quantitative estimate of drug-likeness (QED) is 0.709. The average molecular weight is 398 g/mol. The molecule has 2 fully saturated rings. The summed E-state index contributed by atoms with van der Waals surface area (Å²) in [5.74, 6) is 2.06. The molecule has 0 aromatic carbocycles. The Kier molecular flexibility index (Phi) is 4.19. The van der Waals surface area contributed by atoms with Crippen molar-refractivity contribution in [2.45, 2.75) is 25.8 Å². The van der Waals surface area contributed by atoms with Gasteiger partial charge in [0.2, 0.25) is 0 Å². The number of aryl methyl sites for hydroxylation is 1. The lowest BCUT2D eigenvalue weighted by Crippen LogP contribution is -2.36. The third kappa shape index (κ3) is 2.99. The molecule has 4 heterocycles. The molecule has 2 N–H and O–H groups in total. The summed E-state index contributed by atoms with van der Waals surface area (Å²) >= 11 is 1.51. The van der Waals surface area contributed by atoms with Crippen molar-refractivity contribution < 1.29 is 4.79 Å². The van der Waals surface area contributed by atoms with Gasteiger partial charge in [0, 0.05) is 43.4 Å². The Balaban J connectivity index is 1.23. The Morgan fingerprint density at radius 1 is 1.29 bits per heavy atom. The fraction of sp³-hybridized carbons (Fsp3) is 0.474. The van der Waals surface area contributed by atoms with Crippen molar-refractivity contribution in [2.24, 2.45) is 11.8 Å². The number of rotatable bonds is 3. The SMILES string of the molecule is Cc1cnc(NC(=O)N2C[C@H]3CC(N(C)c4ncnc5[nH]ccc45)C[C@H]3C2)s1. The lowest BCUT2D eigenvalue weighted by Gasteiger charge is -2.28. The molecule has 0 bridgehead atoms. The Bertz CT molecular complexity index is 1000. The standard InChI is InChI=1S/C19H23N7OS/c1-11-7-21-18(28-11)24-19(27)26-8-12-5-14(6-13(12)9-26)25(2)17-15-3-4-20-16(15)22-10-23-17/h3-4,7,10,12-14H,5-6,8-9H2,1-2H3,(H,20,22,23)(H,21,24,27)/t12-,13+,14?. The van der Waals surface area contributed by atoms with E-state index in [-0.39, 0.29) is 6.03 Å². The maximum Gasteiger partial charge on any atom is 0.323 e. The molecule has 9 heteroatoms. The minimum atomic E-state index is -0.0292. The van der Waals surface area contributed by atoms with E-state index in [9.17, 15) is 4.79 Å². The van der Waals surface area contributed by atoms with Gasteiger partial charge in [0.25, 0.3) is 0 Å². The molecule has 1 saturated heterocycles. The molecule has 3 aromatic rings. The van der Waals surface area contributed by atoms with Crippen molar-refractivity contribution in [1.82, 2.24) is 24.8 Å². The number of likely N-dealkylation sites (tertiary alicyclic amines) is 1. The summed E-state index contributed by atoms with van der Waals surface area (Å²) in [7, 11) is 2.12. The number of aromatic amines is 1. The smallest absolute Gasteiger partial charge is 0.323 e. The van der Waals surface area contributed by atoms with Gasteiger partial charge < -0.3 is 14.8 Å². The second-order valence-electron chi connectivity index (χ2n) is 7.80. The number of carbonyl (C=O) groups excluding carboxylic acids is 1. The lowest BCUT2D eigenvalue weighted by molar-refractivity contribution is 0.218. The highest BCUT2D eigenvalue weighted by Crippen LogP contribution is 2.41. The molecule has 2 aliphatic rings. The maximum absolute atomic E-state index is 12.6. The van der Waals surface area contributed by atoms with Gasteiger partial charge in [-0.2, -0.15) is 0 Å². The first kappa shape index (κ1) is 17.4. The van der Waals surface area contributed by atoms with Gasteiger partial charge in [0.05, 0.1) is 5.39 Å². The topological polar surface area (TPSA) is 90.0 Å². The molecule has 0 spiro atoms. The van der Waals surface area contributed by atoms with Crippen LogP contribution in [0, 0.1) is 18.8 Å². The third-order valence-corrected chi connectivity index (χ3v) is 6.89. The average Bonchev–Trinajstić information content (AvgIpc) is 3.43. The number of H-pyrrole nitrogens is 1. The van der Waals surface area contributed by atoms with Gasteiger partial charge >= 0.3 is 6.03 Å². The molecule has 1 aliphatic carbocycles. The highest BCUT2D eigenvalue weighted by Gasteiger charge is 2.44. The zero-order valence-electron chi connectivity index (χ0n) is 15.9. The first-order valence-corrected chi connectivity index (χ1v) is 10.4. The molecule has 146 valence electrons. The van der Waals surface area contributed by atoms with Gasteiger partial charge in [0.15, 0.2) is 5.13 Å². The van der Waals surface area contributed by atoms with Crippen molar-refractivity contribution in [3.8, 4) is 0 Å². The van der Waals surface area contributed by atoms with Gasteiger partial charge in [-0.25, -0.2) is 19.7 Å². The highest BCUT2D eigenvalue weighted by atomic mass is 32.1. The van der Waals surface area contributed by atoms with E-state index in [4.69, 9.17) is 0 Å². The van der Waals surface area contributed by atoms with Crippen LogP contribution in [-0.4, -0.2) is 57.0 Å². The number of fused-ring (bicyclic) bond motifs is 2. The van der Waals surface area contributed by atoms with Crippen LogP contribution in [0.15, 0.2) is 24.8 Å². The van der Waals surface area contributed by atoms with Crippen LogP contribution >= 0.6 is 11.3 Å². The van der Waals surface area contributed by atoms with E-state index in [1.165, 1.54) is 11.3 Å². The zero-order chi connectivity index (χ0) is 19.3. The monoisotopic (exact) mass is 397 g/mol. The summed E-state index contributed by atoms with van der Waals surface area (Å²) in [6, 6.07) is 2.44. The number of thiazole rings is 1. The second-order valence-corrected chi connectivity index (χ2v) is 9.04. The predicted molar refractivity (Wildman–Crippen MR) is 110 cm³/mol. The molecule has 3 atom stereocenters. The minimum absolute atomic E-state index is 0.0292. The Labute approximate surface area is 167 Å². The zero-order valence-corrected chi connectivity index (χ0v) is 16.7. The van der Waals surface area contributed by atoms with Crippen LogP contribution in [0.2, 0.25) is 0 Å². The van der Waals surface area contributed by atoms with E-state index < -0.39 is 0 Å². The predicted octanol–water partition coefficient (Wildman–Crippen LogP) is 3.10. The van der Waals surface area contributed by atoms with Crippen LogP contribution < -0.4 is 10.2 Å². The molecule has 1 saturated carbocycles. The molecule has 2 amide bonds. The summed E-state index contributed by atoms with van der Waals surface area (Å²) in [5, 5.41) is 4.67. The maximum atomic E-state index is 12.6. The van der Waals surface area contributed by atoms with Crippen molar-refractivity contribution >= 4 is 39.4 Å². The molecule has 5 rings (SSSR count). The molecule has 1 aliphatic heterocycles. The number of hydrogen-bond donors (Lipinski definition) is 2. The first-order valence-electron chi connectivity index (χ1n) is 9.58. The van der Waals surface area contributed by atoms with Gasteiger partial charge in [-0.1, -0.05) is 0 Å². The van der Waals surface area contributed by atoms with Crippen LogP contribution in [0.25, 0.3) is 11.0 Å². The van der Waals surface area contributed by atoms with Gasteiger partial charge in [-0.05, 0) is 37.7 Å². The van der Waals surface area contributed by atoms with Crippen LogP contribution in [0.3, 0.4) is 0 Å². The minimum Gasteiger partial charge on any atom is -0.356 e. The number of nitrogens with zero attached hydrogens (tertiary/aromatic N) is 5. The number of carbonyl (C=O) groups is 1. The van der Waals surface area contributed by atoms with Gasteiger partial charge in [-0.15, -0.1) is 11.3 Å². The molecule has 8 nitrogen and oxygen atoms in total. The largest absolute Gasteiger partial charge is 0.356 e. The second kappa shape index (κ2) is 6.73. The van der Waals surface area contributed by atoms with E-state index in [0.717, 1.165) is 47.7 Å². The first-order chi connectivity index (χ1) is 13.6. The van der Waals surface area contributed by atoms with Crippen LogP contribution in [0.1, 0.15) is 17.7 Å². The number of amides is 2. The molecular formula is C19H23N7OS. The Morgan fingerprint density at radius 2 is 2.07 bits per heavy atom. The highest BCUT2D eigenvalue weighted by molar-refractivity contribution is 7.15. The molecular weight excluding hydrogens is 374 g/mol. The number of hydrogen-bond acceptors (Lipinski definition) is 6. The number of nitrogens with one attached hydrogen (secondary N) is 2. The molecule has 0 radical (unpaired) electrons. The third-order valence-electron chi connectivity index (χ3n) is 6.06. The molecule has 28 heavy (non-hydrogen) atoms. The summed E-state index contributed by atoms with van der Waals surface area (Å²) in [6.07, 6.45) is 7.47. The fourth-order valence-electron chi connectivity index (χ4n) is 4.65. The molecule has 1 unspecified atom stereocenters. The number of urea groups is 1. The summed E-state index contributed by atoms with van der Waals surface area (Å²) in [6.45, 7) is 3.62. The van der Waals surface area contributed by atoms with E-state index in [1.54, 1.807) is 12.5 Å². The van der Waals surface area contributed by atoms with E-state index in [1.807, 2.05) is 24.1 Å². The van der Waals surface area contributed by atoms with Crippen LogP contribution in [0.4, 0.5) is 15.7 Å². The summed E-state index contributed by atoms with van der Waals surface area (Å²) < 4.78 is 0. The summed E-state index contributed by atoms with van der Waals surface area (Å²) in [4.78, 5) is 34.1. The lowest BCUT2D eigenvalue weighted by atomic mass is 10.0. The normalized spacial score (nSPS) is 23.9. The van der Waals surface area contributed by atoms with Crippen molar-refractivity contribution in [2.75, 3.05) is 30.4 Å². The Morgan fingerprint density at radius 3 is 2.79 bits per heavy atom. The van der Waals surface area contributed by atoms with E-state index in [2.05, 4.69) is 37.2 Å². The summed E-state index contributed by atoms with van der Waals surface area (Å²) in [5.41, 5.74) is 0.871. The van der Waals surface area contributed by atoms with E-state index in [0.29, 0.717) is 23.0 Å². The van der Waals surface area contributed by atoms with Gasteiger partial charge in [-0.3, -0.25) is 5.32 Å². The van der Waals surface area contributed by atoms with Crippen molar-refractivity contribution in [3.05, 3.63) is 29.7 Å². The van der Waals surface area contributed by atoms with E-state index >= 15 is 0 Å². The van der Waals surface area contributed by atoms with Crippen molar-refractivity contribution in [1.29, 1.82) is 0 Å². The number of aromatic nitrogens is 4. The van der Waals surface area contributed by atoms with Gasteiger partial charge in [0.1, 0.15) is 17.8 Å². The van der Waals surface area contributed by atoms with Crippen LogP contribution in [-0.2, 0) is 0 Å². The van der Waals surface area contributed by atoms with Crippen molar-refractivity contribution in [3.63, 3.8) is 0 Å². The Hall–Kier alpha value is -2.68. The molecule has 3 aromatic heterocycles. The fourth-order valence-corrected chi connectivity index (χ4v) is 5.30. The number of anilines is 2.